The summed E-state index contributed by atoms with van der Waals surface area (Å²) < 4.78 is 2.67. The Kier molecular flexibility index (Phi) is 3.43. The predicted molar refractivity (Wildman–Crippen MR) is 73.3 cm³/mol. The van der Waals surface area contributed by atoms with Crippen LogP contribution in [-0.4, -0.2) is 14.9 Å². The van der Waals surface area contributed by atoms with E-state index in [0.29, 0.717) is 0 Å². The quantitative estimate of drug-likeness (QED) is 0.944. The summed E-state index contributed by atoms with van der Waals surface area (Å²) in [6.07, 6.45) is 1.73. The minimum absolute atomic E-state index is 0.738. The van der Waals surface area contributed by atoms with Crippen molar-refractivity contribution in [1.29, 1.82) is 0 Å². The van der Waals surface area contributed by atoms with Crippen molar-refractivity contribution < 1.29 is 5.11 Å². The fourth-order valence-electron chi connectivity index (χ4n) is 2.07. The van der Waals surface area contributed by atoms with E-state index in [0.717, 1.165) is 27.2 Å². The van der Waals surface area contributed by atoms with Crippen molar-refractivity contribution in [2.24, 2.45) is 0 Å². The van der Waals surface area contributed by atoms with Gasteiger partial charge >= 0.3 is 0 Å². The SMILES string of the molecule is CCn1ncc(Br)c1C(C)(O)c1sccc1C. The fourth-order valence-corrected chi connectivity index (χ4v) is 3.74. The minimum atomic E-state index is -1.01. The molecule has 1 atom stereocenters. The number of rotatable bonds is 3. The van der Waals surface area contributed by atoms with Crippen molar-refractivity contribution in [2.45, 2.75) is 32.9 Å². The molecule has 0 aliphatic carbocycles. The van der Waals surface area contributed by atoms with Crippen LogP contribution < -0.4 is 0 Å². The molecule has 0 aromatic carbocycles. The second-order valence-corrected chi connectivity index (χ2v) is 5.93. The van der Waals surface area contributed by atoms with Gasteiger partial charge in [0.15, 0.2) is 0 Å². The van der Waals surface area contributed by atoms with Gasteiger partial charge in [-0.2, -0.15) is 5.10 Å². The summed E-state index contributed by atoms with van der Waals surface area (Å²) in [5.41, 5.74) is 0.908. The molecule has 92 valence electrons. The third-order valence-corrected chi connectivity index (χ3v) is 4.67. The number of hydrogen-bond acceptors (Lipinski definition) is 3. The lowest BCUT2D eigenvalue weighted by Crippen LogP contribution is -2.27. The van der Waals surface area contributed by atoms with Crippen LogP contribution >= 0.6 is 27.3 Å². The van der Waals surface area contributed by atoms with Crippen LogP contribution in [0.5, 0.6) is 0 Å². The zero-order valence-corrected chi connectivity index (χ0v) is 12.5. The third-order valence-electron chi connectivity index (χ3n) is 2.86. The van der Waals surface area contributed by atoms with Crippen LogP contribution in [0.15, 0.2) is 22.1 Å². The van der Waals surface area contributed by atoms with Gasteiger partial charge < -0.3 is 5.11 Å². The number of hydrogen-bond donors (Lipinski definition) is 1. The lowest BCUT2D eigenvalue weighted by molar-refractivity contribution is 0.0942. The summed E-state index contributed by atoms with van der Waals surface area (Å²) in [4.78, 5) is 0.966. The maximum atomic E-state index is 10.8. The van der Waals surface area contributed by atoms with E-state index in [9.17, 15) is 5.11 Å². The molecule has 2 heterocycles. The molecule has 0 saturated carbocycles. The van der Waals surface area contributed by atoms with Crippen molar-refractivity contribution in [3.8, 4) is 0 Å². The highest BCUT2D eigenvalue weighted by Gasteiger charge is 2.34. The van der Waals surface area contributed by atoms with Crippen molar-refractivity contribution in [2.75, 3.05) is 0 Å². The Hall–Kier alpha value is -0.650. The van der Waals surface area contributed by atoms with Gasteiger partial charge in [0, 0.05) is 11.4 Å². The number of nitrogens with zero attached hydrogens (tertiary/aromatic N) is 2. The zero-order chi connectivity index (χ0) is 12.6. The fraction of sp³-hybridized carbons (Fsp3) is 0.417. The Morgan fingerprint density at radius 3 is 2.82 bits per heavy atom. The molecule has 0 fully saturated rings. The lowest BCUT2D eigenvalue weighted by atomic mass is 9.97. The molecular formula is C12H15BrN2OS. The van der Waals surface area contributed by atoms with E-state index in [1.54, 1.807) is 17.5 Å². The summed E-state index contributed by atoms with van der Waals surface area (Å²) in [5.74, 6) is 0. The monoisotopic (exact) mass is 314 g/mol. The topological polar surface area (TPSA) is 38.0 Å². The number of thiophene rings is 1. The Bertz CT molecular complexity index is 530. The molecule has 0 spiro atoms. The van der Waals surface area contributed by atoms with Crippen LogP contribution in [0, 0.1) is 6.92 Å². The zero-order valence-electron chi connectivity index (χ0n) is 10.1. The highest BCUT2D eigenvalue weighted by atomic mass is 79.9. The average Bonchev–Trinajstić information content (AvgIpc) is 2.84. The summed E-state index contributed by atoms with van der Waals surface area (Å²) in [6, 6.07) is 2.02. The summed E-state index contributed by atoms with van der Waals surface area (Å²) >= 11 is 5.04. The van der Waals surface area contributed by atoms with Crippen LogP contribution in [0.25, 0.3) is 0 Å². The molecular weight excluding hydrogens is 300 g/mol. The first-order valence-corrected chi connectivity index (χ1v) is 7.14. The Labute approximate surface area is 113 Å². The van der Waals surface area contributed by atoms with Gasteiger partial charge in [-0.1, -0.05) is 0 Å². The molecule has 3 nitrogen and oxygen atoms in total. The van der Waals surface area contributed by atoms with Gasteiger partial charge in [-0.05, 0) is 53.7 Å². The molecule has 1 N–H and O–H groups in total. The molecule has 2 aromatic heterocycles. The van der Waals surface area contributed by atoms with E-state index >= 15 is 0 Å². The van der Waals surface area contributed by atoms with Crippen molar-refractivity contribution in [1.82, 2.24) is 9.78 Å². The maximum Gasteiger partial charge on any atom is 0.139 e. The molecule has 0 aliphatic rings. The Morgan fingerprint density at radius 2 is 2.29 bits per heavy atom. The Morgan fingerprint density at radius 1 is 1.59 bits per heavy atom. The smallest absolute Gasteiger partial charge is 0.139 e. The normalized spacial score (nSPS) is 14.9. The molecule has 0 amide bonds. The third kappa shape index (κ3) is 2.07. The van der Waals surface area contributed by atoms with Crippen molar-refractivity contribution in [3.63, 3.8) is 0 Å². The lowest BCUT2D eigenvalue weighted by Gasteiger charge is -2.24. The van der Waals surface area contributed by atoms with Crippen molar-refractivity contribution >= 4 is 27.3 Å². The van der Waals surface area contributed by atoms with E-state index < -0.39 is 5.60 Å². The van der Waals surface area contributed by atoms with Gasteiger partial charge in [0.1, 0.15) is 5.60 Å². The van der Waals surface area contributed by atoms with Gasteiger partial charge in [-0.3, -0.25) is 4.68 Å². The van der Waals surface area contributed by atoms with E-state index in [1.165, 1.54) is 0 Å². The van der Waals surface area contributed by atoms with Gasteiger partial charge in [0.2, 0.25) is 0 Å². The molecule has 0 aliphatic heterocycles. The molecule has 1 unspecified atom stereocenters. The molecule has 0 radical (unpaired) electrons. The number of aromatic nitrogens is 2. The molecule has 0 bridgehead atoms. The summed E-state index contributed by atoms with van der Waals surface area (Å²) in [6.45, 7) is 6.59. The first-order chi connectivity index (χ1) is 7.98. The van der Waals surface area contributed by atoms with Crippen LogP contribution in [0.1, 0.15) is 30.0 Å². The Balaban J connectivity index is 2.58. The minimum Gasteiger partial charge on any atom is -0.378 e. The molecule has 5 heteroatoms. The van der Waals surface area contributed by atoms with Crippen LogP contribution in [0.4, 0.5) is 0 Å². The van der Waals surface area contributed by atoms with Gasteiger partial charge in [0.25, 0.3) is 0 Å². The second-order valence-electron chi connectivity index (χ2n) is 4.16. The average molecular weight is 315 g/mol. The number of aryl methyl sites for hydroxylation is 2. The largest absolute Gasteiger partial charge is 0.378 e. The maximum absolute atomic E-state index is 10.8. The van der Waals surface area contributed by atoms with Gasteiger partial charge in [-0.25, -0.2) is 0 Å². The highest BCUT2D eigenvalue weighted by Crippen LogP contribution is 2.38. The van der Waals surface area contributed by atoms with E-state index in [-0.39, 0.29) is 0 Å². The van der Waals surface area contributed by atoms with Crippen LogP contribution in [-0.2, 0) is 12.1 Å². The predicted octanol–water partition coefficient (Wildman–Crippen LogP) is 3.29. The van der Waals surface area contributed by atoms with Crippen molar-refractivity contribution in [3.05, 3.63) is 38.3 Å². The van der Waals surface area contributed by atoms with Crippen LogP contribution in [0.2, 0.25) is 0 Å². The first kappa shape index (κ1) is 12.8. The van der Waals surface area contributed by atoms with E-state index in [1.807, 2.05) is 36.9 Å². The highest BCUT2D eigenvalue weighted by molar-refractivity contribution is 9.10. The van der Waals surface area contributed by atoms with Crippen LogP contribution in [0.3, 0.4) is 0 Å². The molecule has 2 aromatic rings. The standard InChI is InChI=1S/C12H15BrN2OS/c1-4-15-10(9(13)7-14-15)12(3,16)11-8(2)5-6-17-11/h5-7,16H,4H2,1-3H3. The number of aliphatic hydroxyl groups is 1. The molecule has 17 heavy (non-hydrogen) atoms. The van der Waals surface area contributed by atoms with E-state index in [2.05, 4.69) is 21.0 Å². The second kappa shape index (κ2) is 4.55. The summed E-state index contributed by atoms with van der Waals surface area (Å²) in [5, 5.41) is 17.1. The molecule has 2 rings (SSSR count). The number of halogens is 1. The van der Waals surface area contributed by atoms with Gasteiger partial charge in [-0.15, -0.1) is 11.3 Å². The first-order valence-electron chi connectivity index (χ1n) is 5.47. The van der Waals surface area contributed by atoms with E-state index in [4.69, 9.17) is 0 Å². The van der Waals surface area contributed by atoms with Gasteiger partial charge in [0.05, 0.1) is 16.4 Å². The molecule has 0 saturated heterocycles. The summed E-state index contributed by atoms with van der Waals surface area (Å²) in [7, 11) is 0.